The monoisotopic (exact) mass is 371 g/mol. The molecule has 0 saturated heterocycles. The topological polar surface area (TPSA) is 100 Å². The van der Waals surface area contributed by atoms with Gasteiger partial charge in [0.05, 0.1) is 25.0 Å². The smallest absolute Gasteiger partial charge is 0.245 e. The number of nitrogens with zero attached hydrogens (tertiary/aromatic N) is 3. The zero-order chi connectivity index (χ0) is 19.4. The Morgan fingerprint density at radius 2 is 2.22 bits per heavy atom. The van der Waals surface area contributed by atoms with E-state index in [2.05, 4.69) is 20.3 Å². The van der Waals surface area contributed by atoms with E-state index >= 15 is 0 Å². The number of carbonyl (C=O) groups excluding carboxylic acids is 2. The summed E-state index contributed by atoms with van der Waals surface area (Å²) in [5.74, 6) is 1.05. The summed E-state index contributed by atoms with van der Waals surface area (Å²) in [6, 6.07) is 3.21. The van der Waals surface area contributed by atoms with Crippen LogP contribution in [0.3, 0.4) is 0 Å². The second kappa shape index (κ2) is 8.20. The molecule has 1 aliphatic rings. The zero-order valence-corrected chi connectivity index (χ0v) is 15.9. The average Bonchev–Trinajstić information content (AvgIpc) is 3.10. The predicted octanol–water partition coefficient (Wildman–Crippen LogP) is 1.67. The molecule has 0 radical (unpaired) electrons. The Bertz CT molecular complexity index is 815. The molecule has 1 atom stereocenters. The van der Waals surface area contributed by atoms with Crippen molar-refractivity contribution in [1.29, 1.82) is 0 Å². The van der Waals surface area contributed by atoms with Crippen molar-refractivity contribution in [2.24, 2.45) is 0 Å². The summed E-state index contributed by atoms with van der Waals surface area (Å²) in [5, 5.41) is 2.77. The number of H-pyrrole nitrogens is 1. The van der Waals surface area contributed by atoms with Crippen LogP contribution in [0.2, 0.25) is 0 Å². The molecule has 1 aliphatic heterocycles. The lowest BCUT2D eigenvalue weighted by molar-refractivity contribution is -0.137. The summed E-state index contributed by atoms with van der Waals surface area (Å²) in [7, 11) is 1.58. The van der Waals surface area contributed by atoms with E-state index in [0.717, 1.165) is 29.2 Å². The van der Waals surface area contributed by atoms with Crippen LogP contribution in [0.4, 0.5) is 0 Å². The van der Waals surface area contributed by atoms with E-state index in [1.54, 1.807) is 24.3 Å². The Morgan fingerprint density at radius 1 is 1.41 bits per heavy atom. The summed E-state index contributed by atoms with van der Waals surface area (Å²) in [6.07, 6.45) is 3.85. The zero-order valence-electron chi connectivity index (χ0n) is 15.9. The van der Waals surface area contributed by atoms with Gasteiger partial charge >= 0.3 is 0 Å². The summed E-state index contributed by atoms with van der Waals surface area (Å²) >= 11 is 0. The van der Waals surface area contributed by atoms with Crippen LogP contribution in [-0.4, -0.2) is 51.4 Å². The standard InChI is InChI=1S/C19H25N5O3/c1-4-5-15(21-12(2)25)19(26)24-9-8-14-16(11-24)23-18(22-14)13-6-7-17(27-3)20-10-13/h6-7,10,15H,4-5,8-9,11H2,1-3H3,(H,21,25)(H,22,23). The van der Waals surface area contributed by atoms with E-state index in [1.807, 2.05) is 13.0 Å². The van der Waals surface area contributed by atoms with Gasteiger partial charge in [0.2, 0.25) is 17.7 Å². The highest BCUT2D eigenvalue weighted by Gasteiger charge is 2.29. The number of amides is 2. The van der Waals surface area contributed by atoms with Crippen LogP contribution >= 0.6 is 0 Å². The number of hydrogen-bond acceptors (Lipinski definition) is 5. The fraction of sp³-hybridized carbons (Fsp3) is 0.474. The number of aromatic nitrogens is 3. The van der Waals surface area contributed by atoms with Crippen molar-refractivity contribution in [2.75, 3.05) is 13.7 Å². The van der Waals surface area contributed by atoms with Crippen molar-refractivity contribution < 1.29 is 14.3 Å². The molecule has 27 heavy (non-hydrogen) atoms. The molecule has 2 amide bonds. The highest BCUT2D eigenvalue weighted by molar-refractivity contribution is 5.87. The second-order valence-corrected chi connectivity index (χ2v) is 6.65. The van der Waals surface area contributed by atoms with Crippen LogP contribution in [0.5, 0.6) is 5.88 Å². The molecule has 2 N–H and O–H groups in total. The minimum absolute atomic E-state index is 0.0417. The van der Waals surface area contributed by atoms with Gasteiger partial charge in [0, 0.05) is 37.7 Å². The summed E-state index contributed by atoms with van der Waals surface area (Å²) in [5.41, 5.74) is 2.76. The molecule has 0 saturated carbocycles. The maximum Gasteiger partial charge on any atom is 0.245 e. The Labute approximate surface area is 158 Å². The third kappa shape index (κ3) is 4.27. The molecule has 144 valence electrons. The molecule has 0 aromatic carbocycles. The number of methoxy groups -OCH3 is 1. The largest absolute Gasteiger partial charge is 0.481 e. The van der Waals surface area contributed by atoms with Crippen molar-refractivity contribution in [3.8, 4) is 17.3 Å². The highest BCUT2D eigenvalue weighted by Crippen LogP contribution is 2.24. The van der Waals surface area contributed by atoms with E-state index in [0.29, 0.717) is 31.8 Å². The van der Waals surface area contributed by atoms with Crippen LogP contribution in [0.25, 0.3) is 11.4 Å². The van der Waals surface area contributed by atoms with Gasteiger partial charge in [-0.15, -0.1) is 0 Å². The van der Waals surface area contributed by atoms with Gasteiger partial charge in [-0.25, -0.2) is 9.97 Å². The summed E-state index contributed by atoms with van der Waals surface area (Å²) in [6.45, 7) is 4.50. The number of imidazole rings is 1. The van der Waals surface area contributed by atoms with Gasteiger partial charge in [0.15, 0.2) is 0 Å². The van der Waals surface area contributed by atoms with Crippen LogP contribution in [0.15, 0.2) is 18.3 Å². The van der Waals surface area contributed by atoms with Crippen molar-refractivity contribution >= 4 is 11.8 Å². The maximum atomic E-state index is 12.8. The van der Waals surface area contributed by atoms with Crippen LogP contribution in [-0.2, 0) is 22.6 Å². The molecule has 0 spiro atoms. The molecule has 3 rings (SSSR count). The van der Waals surface area contributed by atoms with E-state index in [9.17, 15) is 9.59 Å². The van der Waals surface area contributed by atoms with Gasteiger partial charge < -0.3 is 19.9 Å². The summed E-state index contributed by atoms with van der Waals surface area (Å²) in [4.78, 5) is 38.2. The Hall–Kier alpha value is -2.90. The first-order chi connectivity index (χ1) is 13.0. The molecule has 3 heterocycles. The van der Waals surface area contributed by atoms with Crippen molar-refractivity contribution in [2.45, 2.75) is 45.7 Å². The first-order valence-corrected chi connectivity index (χ1v) is 9.15. The fourth-order valence-electron chi connectivity index (χ4n) is 3.27. The van der Waals surface area contributed by atoms with E-state index in [1.165, 1.54) is 6.92 Å². The lowest BCUT2D eigenvalue weighted by atomic mass is 10.1. The number of ether oxygens (including phenoxy) is 1. The first-order valence-electron chi connectivity index (χ1n) is 9.15. The minimum Gasteiger partial charge on any atom is -0.481 e. The first kappa shape index (κ1) is 18.9. The third-order valence-corrected chi connectivity index (χ3v) is 4.62. The van der Waals surface area contributed by atoms with Crippen LogP contribution < -0.4 is 10.1 Å². The van der Waals surface area contributed by atoms with Gasteiger partial charge in [0.1, 0.15) is 11.9 Å². The van der Waals surface area contributed by atoms with Crippen LogP contribution in [0.1, 0.15) is 38.1 Å². The molecule has 0 aliphatic carbocycles. The van der Waals surface area contributed by atoms with Gasteiger partial charge in [0.25, 0.3) is 0 Å². The lowest BCUT2D eigenvalue weighted by Gasteiger charge is -2.30. The molecule has 0 fully saturated rings. The molecular weight excluding hydrogens is 346 g/mol. The molecule has 1 unspecified atom stereocenters. The van der Waals surface area contributed by atoms with E-state index < -0.39 is 6.04 Å². The Morgan fingerprint density at radius 3 is 2.85 bits per heavy atom. The SMILES string of the molecule is CCCC(NC(C)=O)C(=O)N1CCc2nc(-c3ccc(OC)nc3)[nH]c2C1. The number of carbonyl (C=O) groups is 2. The Balaban J connectivity index is 1.74. The lowest BCUT2D eigenvalue weighted by Crippen LogP contribution is -2.49. The van der Waals surface area contributed by atoms with E-state index in [-0.39, 0.29) is 11.8 Å². The number of nitrogens with one attached hydrogen (secondary N) is 2. The number of aromatic amines is 1. The van der Waals surface area contributed by atoms with Crippen LogP contribution in [0, 0.1) is 0 Å². The predicted molar refractivity (Wildman–Crippen MR) is 100 cm³/mol. The Kier molecular flexibility index (Phi) is 5.73. The van der Waals surface area contributed by atoms with Crippen molar-refractivity contribution in [1.82, 2.24) is 25.2 Å². The molecule has 2 aromatic rings. The van der Waals surface area contributed by atoms with Gasteiger partial charge in [-0.1, -0.05) is 13.3 Å². The van der Waals surface area contributed by atoms with Gasteiger partial charge in [-0.3, -0.25) is 9.59 Å². The fourth-order valence-corrected chi connectivity index (χ4v) is 3.27. The molecule has 8 heteroatoms. The molecule has 2 aromatic heterocycles. The molecule has 8 nitrogen and oxygen atoms in total. The molecular formula is C19H25N5O3. The second-order valence-electron chi connectivity index (χ2n) is 6.65. The average molecular weight is 371 g/mol. The summed E-state index contributed by atoms with van der Waals surface area (Å²) < 4.78 is 5.08. The number of rotatable bonds is 6. The number of pyridine rings is 1. The number of hydrogen-bond donors (Lipinski definition) is 2. The maximum absolute atomic E-state index is 12.8. The van der Waals surface area contributed by atoms with E-state index in [4.69, 9.17) is 4.74 Å². The van der Waals surface area contributed by atoms with Crippen molar-refractivity contribution in [3.05, 3.63) is 29.7 Å². The van der Waals surface area contributed by atoms with Gasteiger partial charge in [-0.2, -0.15) is 0 Å². The normalized spacial score (nSPS) is 14.4. The third-order valence-electron chi connectivity index (χ3n) is 4.62. The minimum atomic E-state index is -0.470. The quantitative estimate of drug-likeness (QED) is 0.804. The number of fused-ring (bicyclic) bond motifs is 1. The van der Waals surface area contributed by atoms with Crippen molar-refractivity contribution in [3.63, 3.8) is 0 Å². The molecule has 0 bridgehead atoms. The highest BCUT2D eigenvalue weighted by atomic mass is 16.5. The van der Waals surface area contributed by atoms with Gasteiger partial charge in [-0.05, 0) is 12.5 Å².